The van der Waals surface area contributed by atoms with Gasteiger partial charge < -0.3 is 5.11 Å². The van der Waals surface area contributed by atoms with Crippen molar-refractivity contribution in [3.8, 4) is 5.82 Å². The first kappa shape index (κ1) is 12.6. The van der Waals surface area contributed by atoms with Gasteiger partial charge in [-0.2, -0.15) is 18.3 Å². The lowest BCUT2D eigenvalue weighted by Gasteiger charge is -2.06. The Balaban J connectivity index is 2.37. The minimum atomic E-state index is -4.48. The van der Waals surface area contributed by atoms with Gasteiger partial charge >= 0.3 is 6.18 Å². The molecule has 0 saturated heterocycles. The zero-order valence-electron chi connectivity index (χ0n) is 9.39. The van der Waals surface area contributed by atoms with Crippen molar-refractivity contribution < 1.29 is 18.3 Å². The van der Waals surface area contributed by atoms with Crippen LogP contribution < -0.4 is 0 Å². The van der Waals surface area contributed by atoms with E-state index >= 15 is 0 Å². The number of aliphatic hydroxyl groups excluding tert-OH is 1. The molecule has 0 spiro atoms. The maximum Gasteiger partial charge on any atom is 0.435 e. The number of hydrogen-bond acceptors (Lipinski definition) is 3. The summed E-state index contributed by atoms with van der Waals surface area (Å²) in [6, 6.07) is 3.94. The fourth-order valence-electron chi connectivity index (χ4n) is 1.42. The average molecular weight is 257 g/mol. The Morgan fingerprint density at radius 2 is 2.06 bits per heavy atom. The smallest absolute Gasteiger partial charge is 0.389 e. The molecule has 4 nitrogen and oxygen atoms in total. The molecule has 0 radical (unpaired) electrons. The predicted octanol–water partition coefficient (Wildman–Crippen LogP) is 2.34. The normalized spacial score (nSPS) is 13.6. The molecule has 0 amide bonds. The molecule has 2 rings (SSSR count). The average Bonchev–Trinajstić information content (AvgIpc) is 2.78. The van der Waals surface area contributed by atoms with E-state index < -0.39 is 18.0 Å². The van der Waals surface area contributed by atoms with E-state index in [-0.39, 0.29) is 5.82 Å². The highest BCUT2D eigenvalue weighted by atomic mass is 19.4. The van der Waals surface area contributed by atoms with Crippen LogP contribution in [0.1, 0.15) is 24.3 Å². The van der Waals surface area contributed by atoms with Gasteiger partial charge in [0, 0.05) is 12.4 Å². The van der Waals surface area contributed by atoms with Crippen molar-refractivity contribution in [2.24, 2.45) is 0 Å². The Bertz CT molecular complexity index is 548. The Labute approximate surface area is 101 Å². The number of aliphatic hydroxyl groups is 1. The number of hydrogen-bond donors (Lipinski definition) is 1. The van der Waals surface area contributed by atoms with Gasteiger partial charge in [-0.3, -0.25) is 0 Å². The fraction of sp³-hybridized carbons (Fsp3) is 0.273. The molecule has 0 aliphatic heterocycles. The van der Waals surface area contributed by atoms with Gasteiger partial charge in [-0.15, -0.1) is 0 Å². The third kappa shape index (κ3) is 2.51. The van der Waals surface area contributed by atoms with E-state index in [2.05, 4.69) is 10.1 Å². The molecular weight excluding hydrogens is 247 g/mol. The molecular formula is C11H10F3N3O. The van der Waals surface area contributed by atoms with Gasteiger partial charge in [0.05, 0.1) is 6.10 Å². The van der Waals surface area contributed by atoms with Gasteiger partial charge in [0.2, 0.25) is 0 Å². The summed E-state index contributed by atoms with van der Waals surface area (Å²) in [4.78, 5) is 3.91. The summed E-state index contributed by atoms with van der Waals surface area (Å²) in [5.41, 5.74) is -0.421. The zero-order valence-corrected chi connectivity index (χ0v) is 9.39. The van der Waals surface area contributed by atoms with Crippen LogP contribution >= 0.6 is 0 Å². The van der Waals surface area contributed by atoms with Crippen LogP contribution in [-0.4, -0.2) is 19.9 Å². The Morgan fingerprint density at radius 1 is 1.33 bits per heavy atom. The topological polar surface area (TPSA) is 50.9 Å². The van der Waals surface area contributed by atoms with Crippen LogP contribution in [0, 0.1) is 0 Å². The summed E-state index contributed by atoms with van der Waals surface area (Å²) in [6.07, 6.45) is -2.61. The van der Waals surface area contributed by atoms with Gasteiger partial charge in [-0.1, -0.05) is 0 Å². The number of aromatic nitrogens is 3. The van der Waals surface area contributed by atoms with Gasteiger partial charge in [0.25, 0.3) is 0 Å². The molecule has 1 unspecified atom stereocenters. The minimum Gasteiger partial charge on any atom is -0.389 e. The van der Waals surface area contributed by atoms with E-state index in [0.29, 0.717) is 5.56 Å². The molecule has 2 aromatic rings. The van der Waals surface area contributed by atoms with Gasteiger partial charge in [-0.05, 0) is 30.7 Å². The van der Waals surface area contributed by atoms with Crippen molar-refractivity contribution in [3.63, 3.8) is 0 Å². The molecule has 0 bridgehead atoms. The molecule has 0 aromatic carbocycles. The van der Waals surface area contributed by atoms with Crippen molar-refractivity contribution in [1.29, 1.82) is 0 Å². The second kappa shape index (κ2) is 4.41. The molecule has 18 heavy (non-hydrogen) atoms. The van der Waals surface area contributed by atoms with E-state index in [9.17, 15) is 18.3 Å². The van der Waals surface area contributed by atoms with Crippen LogP contribution in [0.5, 0.6) is 0 Å². The first-order chi connectivity index (χ1) is 8.38. The fourth-order valence-corrected chi connectivity index (χ4v) is 1.42. The lowest BCUT2D eigenvalue weighted by molar-refractivity contribution is -0.141. The van der Waals surface area contributed by atoms with Crippen molar-refractivity contribution in [1.82, 2.24) is 14.8 Å². The summed E-state index contributed by atoms with van der Waals surface area (Å²) in [6.45, 7) is 1.56. The number of rotatable bonds is 2. The quantitative estimate of drug-likeness (QED) is 0.898. The van der Waals surface area contributed by atoms with E-state index in [1.54, 1.807) is 13.0 Å². The summed E-state index contributed by atoms with van der Waals surface area (Å²) in [5, 5.41) is 12.8. The number of alkyl halides is 3. The Morgan fingerprint density at radius 3 is 2.61 bits per heavy atom. The SMILES string of the molecule is CC(O)c1ccnc(-n2ccc(C(F)(F)F)n2)c1. The molecule has 2 heterocycles. The summed E-state index contributed by atoms with van der Waals surface area (Å²) in [5.74, 6) is 0.226. The molecule has 0 aliphatic carbocycles. The lowest BCUT2D eigenvalue weighted by atomic mass is 10.2. The van der Waals surface area contributed by atoms with Gasteiger partial charge in [0.1, 0.15) is 0 Å². The van der Waals surface area contributed by atoms with E-state index in [1.807, 2.05) is 0 Å². The van der Waals surface area contributed by atoms with Crippen molar-refractivity contribution in [2.75, 3.05) is 0 Å². The van der Waals surface area contributed by atoms with E-state index in [0.717, 1.165) is 10.7 Å². The molecule has 1 N–H and O–H groups in total. The molecule has 0 fully saturated rings. The molecule has 7 heteroatoms. The number of pyridine rings is 1. The second-order valence-corrected chi connectivity index (χ2v) is 3.77. The first-order valence-corrected chi connectivity index (χ1v) is 5.15. The number of nitrogens with zero attached hydrogens (tertiary/aromatic N) is 3. The Kier molecular flexibility index (Phi) is 3.08. The summed E-state index contributed by atoms with van der Waals surface area (Å²) in [7, 11) is 0. The lowest BCUT2D eigenvalue weighted by Crippen LogP contribution is -2.08. The van der Waals surface area contributed by atoms with Gasteiger partial charge in [-0.25, -0.2) is 9.67 Å². The molecule has 2 aromatic heterocycles. The van der Waals surface area contributed by atoms with Crippen molar-refractivity contribution in [3.05, 3.63) is 41.9 Å². The molecule has 1 atom stereocenters. The maximum atomic E-state index is 12.4. The monoisotopic (exact) mass is 257 g/mol. The first-order valence-electron chi connectivity index (χ1n) is 5.15. The summed E-state index contributed by atoms with van der Waals surface area (Å²) < 4.78 is 38.2. The second-order valence-electron chi connectivity index (χ2n) is 3.77. The largest absolute Gasteiger partial charge is 0.435 e. The van der Waals surface area contributed by atoms with Crippen molar-refractivity contribution in [2.45, 2.75) is 19.2 Å². The molecule has 0 saturated carbocycles. The highest BCUT2D eigenvalue weighted by Crippen LogP contribution is 2.27. The number of halogens is 3. The molecule has 0 aliphatic rings. The third-order valence-corrected chi connectivity index (χ3v) is 2.37. The Hall–Kier alpha value is -1.89. The van der Waals surface area contributed by atoms with Crippen LogP contribution in [0.2, 0.25) is 0 Å². The van der Waals surface area contributed by atoms with Crippen LogP contribution in [0.3, 0.4) is 0 Å². The highest BCUT2D eigenvalue weighted by Gasteiger charge is 2.33. The van der Waals surface area contributed by atoms with E-state index in [1.165, 1.54) is 18.5 Å². The maximum absolute atomic E-state index is 12.4. The highest BCUT2D eigenvalue weighted by molar-refractivity contribution is 5.28. The minimum absolute atomic E-state index is 0.226. The van der Waals surface area contributed by atoms with Crippen molar-refractivity contribution >= 4 is 0 Å². The van der Waals surface area contributed by atoms with Crippen LogP contribution in [0.15, 0.2) is 30.6 Å². The zero-order chi connectivity index (χ0) is 13.3. The molecule has 96 valence electrons. The van der Waals surface area contributed by atoms with Gasteiger partial charge in [0.15, 0.2) is 11.5 Å². The van der Waals surface area contributed by atoms with Crippen LogP contribution in [0.4, 0.5) is 13.2 Å². The summed E-state index contributed by atoms with van der Waals surface area (Å²) >= 11 is 0. The third-order valence-electron chi connectivity index (χ3n) is 2.37. The van der Waals surface area contributed by atoms with E-state index in [4.69, 9.17) is 0 Å². The van der Waals surface area contributed by atoms with Crippen LogP contribution in [-0.2, 0) is 6.18 Å². The standard InChI is InChI=1S/C11H10F3N3O/c1-7(18)8-2-4-15-10(6-8)17-5-3-9(16-17)11(12,13)14/h2-7,18H,1H3. The van der Waals surface area contributed by atoms with Crippen LogP contribution in [0.25, 0.3) is 5.82 Å². The predicted molar refractivity (Wildman–Crippen MR) is 57.0 cm³/mol.